The molecule has 14 heavy (non-hydrogen) atoms. The van der Waals surface area contributed by atoms with Crippen molar-refractivity contribution in [1.82, 2.24) is 0 Å². The van der Waals surface area contributed by atoms with Crippen LogP contribution in [0.1, 0.15) is 20.8 Å². The third-order valence-corrected chi connectivity index (χ3v) is 1.88. The molecule has 0 aliphatic carbocycles. The van der Waals surface area contributed by atoms with Crippen LogP contribution in [0.15, 0.2) is 0 Å². The fraction of sp³-hybridized carbons (Fsp3) is 1.00. The minimum absolute atomic E-state index is 0.00694. The normalized spacial score (nSPS) is 22.5. The van der Waals surface area contributed by atoms with Gasteiger partial charge in [-0.05, 0) is 20.8 Å². The number of hydrogen-bond donors (Lipinski definition) is 4. The van der Waals surface area contributed by atoms with Crippen LogP contribution < -0.4 is 5.84 Å². The largest absolute Gasteiger partial charge is 0.387 e. The van der Waals surface area contributed by atoms with E-state index in [9.17, 15) is 15.3 Å². The molecule has 0 radical (unpaired) electrons. The highest BCUT2D eigenvalue weighted by Gasteiger charge is 2.28. The number of quaternary nitrogens is 1. The molecule has 0 aromatic heterocycles. The fourth-order valence-corrected chi connectivity index (χ4v) is 1.80. The predicted molar refractivity (Wildman–Crippen MR) is 54.1 cm³/mol. The van der Waals surface area contributed by atoms with Crippen LogP contribution in [-0.2, 0) is 0 Å². The molecule has 5 heteroatoms. The van der Waals surface area contributed by atoms with Crippen LogP contribution in [0, 0.1) is 0 Å². The topological polar surface area (TPSA) is 86.7 Å². The first-order valence-corrected chi connectivity index (χ1v) is 4.94. The van der Waals surface area contributed by atoms with E-state index in [0.717, 1.165) is 0 Å². The van der Waals surface area contributed by atoms with Crippen molar-refractivity contribution in [2.45, 2.75) is 39.1 Å². The number of aliphatic hydroxyl groups excluding tert-OH is 3. The van der Waals surface area contributed by atoms with Gasteiger partial charge in [0.1, 0.15) is 37.9 Å². The Morgan fingerprint density at radius 1 is 0.857 bits per heavy atom. The van der Waals surface area contributed by atoms with Gasteiger partial charge in [0.05, 0.1) is 0 Å². The van der Waals surface area contributed by atoms with Crippen LogP contribution in [0.2, 0.25) is 0 Å². The standard InChI is InChI=1S/C9H23N2O3/c1-7(12)4-11(10,5-8(2)13)6-9(3)14/h7-9,12-14H,4-6,10H2,1-3H3/q+1. The quantitative estimate of drug-likeness (QED) is 0.251. The summed E-state index contributed by atoms with van der Waals surface area (Å²) in [7, 11) is 0. The Hall–Kier alpha value is -0.200. The zero-order chi connectivity index (χ0) is 11.4. The van der Waals surface area contributed by atoms with Crippen molar-refractivity contribution in [3.8, 4) is 0 Å². The van der Waals surface area contributed by atoms with E-state index >= 15 is 0 Å². The van der Waals surface area contributed by atoms with Gasteiger partial charge in [-0.3, -0.25) is 0 Å². The van der Waals surface area contributed by atoms with Gasteiger partial charge in [0, 0.05) is 0 Å². The maximum atomic E-state index is 9.25. The SMILES string of the molecule is CC(O)C[N+](N)(CC(C)O)CC(C)O. The summed E-state index contributed by atoms with van der Waals surface area (Å²) in [4.78, 5) is 0. The van der Waals surface area contributed by atoms with Gasteiger partial charge in [-0.2, -0.15) is 5.84 Å². The second-order valence-corrected chi connectivity index (χ2v) is 4.31. The molecule has 86 valence electrons. The Morgan fingerprint density at radius 2 is 1.07 bits per heavy atom. The molecule has 0 aromatic rings. The minimum Gasteiger partial charge on any atom is -0.387 e. The van der Waals surface area contributed by atoms with E-state index in [1.165, 1.54) is 0 Å². The fourth-order valence-electron chi connectivity index (χ4n) is 1.80. The van der Waals surface area contributed by atoms with E-state index in [2.05, 4.69) is 0 Å². The summed E-state index contributed by atoms with van der Waals surface area (Å²) in [5.74, 6) is 5.96. The molecular formula is C9H23N2O3+. The Bertz CT molecular complexity index is 134. The van der Waals surface area contributed by atoms with Crippen LogP contribution in [0.25, 0.3) is 0 Å². The van der Waals surface area contributed by atoms with Crippen LogP contribution in [0.5, 0.6) is 0 Å². The average molecular weight is 207 g/mol. The Morgan fingerprint density at radius 3 is 1.21 bits per heavy atom. The van der Waals surface area contributed by atoms with Crippen LogP contribution in [0.3, 0.4) is 0 Å². The van der Waals surface area contributed by atoms with Crippen LogP contribution in [0.4, 0.5) is 0 Å². The summed E-state index contributed by atoms with van der Waals surface area (Å²) < 4.78 is -0.00694. The predicted octanol–water partition coefficient (Wildman–Crippen LogP) is -1.18. The van der Waals surface area contributed by atoms with Crippen molar-refractivity contribution in [2.75, 3.05) is 19.6 Å². The minimum atomic E-state index is -0.544. The van der Waals surface area contributed by atoms with Crippen molar-refractivity contribution in [1.29, 1.82) is 0 Å². The lowest BCUT2D eigenvalue weighted by Gasteiger charge is -2.35. The zero-order valence-electron chi connectivity index (χ0n) is 9.22. The lowest BCUT2D eigenvalue weighted by Crippen LogP contribution is -2.62. The average Bonchev–Trinajstić information content (AvgIpc) is 1.76. The number of rotatable bonds is 6. The third kappa shape index (κ3) is 6.28. The zero-order valence-corrected chi connectivity index (χ0v) is 9.22. The maximum absolute atomic E-state index is 9.25. The Balaban J connectivity index is 4.32. The molecule has 0 bridgehead atoms. The summed E-state index contributed by atoms with van der Waals surface area (Å²) in [6.45, 7) is 5.92. The van der Waals surface area contributed by atoms with E-state index in [-0.39, 0.29) is 4.59 Å². The summed E-state index contributed by atoms with van der Waals surface area (Å²) in [5, 5.41) is 27.8. The van der Waals surface area contributed by atoms with E-state index < -0.39 is 18.3 Å². The van der Waals surface area contributed by atoms with E-state index in [1.54, 1.807) is 20.8 Å². The number of hydrogen-bond acceptors (Lipinski definition) is 4. The molecule has 3 unspecified atom stereocenters. The number of nitrogens with two attached hydrogens (primary N) is 1. The van der Waals surface area contributed by atoms with Crippen LogP contribution >= 0.6 is 0 Å². The molecule has 5 N–H and O–H groups in total. The summed E-state index contributed by atoms with van der Waals surface area (Å²) >= 11 is 0. The first kappa shape index (κ1) is 13.8. The second kappa shape index (κ2) is 5.63. The van der Waals surface area contributed by atoms with Gasteiger partial charge in [-0.15, -0.1) is 0 Å². The van der Waals surface area contributed by atoms with Crippen molar-refractivity contribution >= 4 is 0 Å². The highest BCUT2D eigenvalue weighted by molar-refractivity contribution is 4.53. The van der Waals surface area contributed by atoms with Gasteiger partial charge in [0.2, 0.25) is 0 Å². The van der Waals surface area contributed by atoms with Gasteiger partial charge in [0.15, 0.2) is 0 Å². The van der Waals surface area contributed by atoms with Gasteiger partial charge in [-0.1, -0.05) is 0 Å². The van der Waals surface area contributed by atoms with Gasteiger partial charge in [-0.25, -0.2) is 4.59 Å². The summed E-state index contributed by atoms with van der Waals surface area (Å²) in [5.41, 5.74) is 0. The van der Waals surface area contributed by atoms with Crippen molar-refractivity contribution in [2.24, 2.45) is 5.84 Å². The highest BCUT2D eigenvalue weighted by Crippen LogP contribution is 2.05. The molecule has 0 saturated heterocycles. The van der Waals surface area contributed by atoms with Gasteiger partial charge in [0.25, 0.3) is 0 Å². The molecule has 0 fully saturated rings. The van der Waals surface area contributed by atoms with Crippen LogP contribution in [-0.4, -0.2) is 57.9 Å². The molecule has 0 saturated carbocycles. The molecule has 0 amide bonds. The molecule has 5 nitrogen and oxygen atoms in total. The summed E-state index contributed by atoms with van der Waals surface area (Å²) in [6.07, 6.45) is -1.63. The lowest BCUT2D eigenvalue weighted by molar-refractivity contribution is -0.947. The van der Waals surface area contributed by atoms with Gasteiger partial charge >= 0.3 is 0 Å². The van der Waals surface area contributed by atoms with E-state index in [4.69, 9.17) is 5.84 Å². The van der Waals surface area contributed by atoms with Crippen molar-refractivity contribution in [3.05, 3.63) is 0 Å². The molecule has 0 spiro atoms. The lowest BCUT2D eigenvalue weighted by atomic mass is 10.2. The molecule has 0 heterocycles. The monoisotopic (exact) mass is 207 g/mol. The molecule has 0 aliphatic rings. The molecule has 3 atom stereocenters. The molecule has 0 aliphatic heterocycles. The van der Waals surface area contributed by atoms with Gasteiger partial charge < -0.3 is 15.3 Å². The van der Waals surface area contributed by atoms with Crippen molar-refractivity contribution < 1.29 is 19.9 Å². The Labute approximate surface area is 85.3 Å². The maximum Gasteiger partial charge on any atom is 0.122 e. The van der Waals surface area contributed by atoms with E-state index in [1.807, 2.05) is 0 Å². The summed E-state index contributed by atoms with van der Waals surface area (Å²) in [6, 6.07) is 0. The van der Waals surface area contributed by atoms with Crippen molar-refractivity contribution in [3.63, 3.8) is 0 Å². The first-order valence-electron chi connectivity index (χ1n) is 4.94. The smallest absolute Gasteiger partial charge is 0.122 e. The van der Waals surface area contributed by atoms with E-state index in [0.29, 0.717) is 19.6 Å². The first-order chi connectivity index (χ1) is 6.25. The Kier molecular flexibility index (Phi) is 5.54. The number of nitrogens with zero attached hydrogens (tertiary/aromatic N) is 1. The molecule has 0 aromatic carbocycles. The number of aliphatic hydroxyl groups is 3. The third-order valence-electron chi connectivity index (χ3n) is 1.88. The second-order valence-electron chi connectivity index (χ2n) is 4.31. The molecular weight excluding hydrogens is 184 g/mol. The highest BCUT2D eigenvalue weighted by atomic mass is 16.3. The molecule has 0 rings (SSSR count).